The number of rotatable bonds is 17. The van der Waals surface area contributed by atoms with Gasteiger partial charge in [0.1, 0.15) is 18.1 Å². The molecule has 0 saturated heterocycles. The van der Waals surface area contributed by atoms with Crippen LogP contribution in [0.1, 0.15) is 46.0 Å². The van der Waals surface area contributed by atoms with E-state index in [-0.39, 0.29) is 25.2 Å². The van der Waals surface area contributed by atoms with Crippen molar-refractivity contribution >= 4 is 47.2 Å². The van der Waals surface area contributed by atoms with E-state index in [2.05, 4.69) is 16.0 Å². The van der Waals surface area contributed by atoms with Gasteiger partial charge in [0.15, 0.2) is 0 Å². The Balaban J connectivity index is 5.46. The van der Waals surface area contributed by atoms with E-state index in [0.29, 0.717) is 12.2 Å². The minimum absolute atomic E-state index is 0.0271. The molecular formula is C20H37N7O6S. The molecule has 0 aromatic carbocycles. The molecule has 6 amide bonds. The van der Waals surface area contributed by atoms with Crippen molar-refractivity contribution in [3.63, 3.8) is 0 Å². The van der Waals surface area contributed by atoms with Crippen LogP contribution in [0.3, 0.4) is 0 Å². The van der Waals surface area contributed by atoms with Crippen LogP contribution in [0.4, 0.5) is 0 Å². The highest BCUT2D eigenvalue weighted by atomic mass is 32.2. The summed E-state index contributed by atoms with van der Waals surface area (Å²) in [6, 6.07) is -4.55. The van der Waals surface area contributed by atoms with E-state index in [0.717, 1.165) is 0 Å². The zero-order valence-electron chi connectivity index (χ0n) is 19.8. The molecule has 0 aromatic rings. The van der Waals surface area contributed by atoms with Crippen molar-refractivity contribution in [3.05, 3.63) is 0 Å². The van der Waals surface area contributed by atoms with Crippen LogP contribution < -0.4 is 38.9 Å². The zero-order chi connectivity index (χ0) is 26.4. The van der Waals surface area contributed by atoms with E-state index in [9.17, 15) is 28.8 Å². The molecule has 0 unspecified atom stereocenters. The van der Waals surface area contributed by atoms with Gasteiger partial charge in [-0.25, -0.2) is 0 Å². The summed E-state index contributed by atoms with van der Waals surface area (Å²) < 4.78 is 0. The minimum atomic E-state index is -1.41. The molecule has 14 heteroatoms. The van der Waals surface area contributed by atoms with Crippen molar-refractivity contribution in [2.45, 2.75) is 70.1 Å². The van der Waals surface area contributed by atoms with Crippen molar-refractivity contribution in [2.24, 2.45) is 28.9 Å². The van der Waals surface area contributed by atoms with Crippen LogP contribution in [0.15, 0.2) is 0 Å². The summed E-state index contributed by atoms with van der Waals surface area (Å²) in [7, 11) is 0. The number of nitrogens with two attached hydrogens (primary N) is 4. The lowest BCUT2D eigenvalue weighted by Crippen LogP contribution is -2.58. The first-order valence-electron chi connectivity index (χ1n) is 10.8. The molecule has 0 saturated carbocycles. The summed E-state index contributed by atoms with van der Waals surface area (Å²) in [6.45, 7) is 3.65. The average molecular weight is 504 g/mol. The molecule has 0 spiro atoms. The quantitative estimate of drug-likeness (QED) is 0.109. The van der Waals surface area contributed by atoms with E-state index in [1.807, 2.05) is 20.1 Å². The maximum atomic E-state index is 12.9. The maximum absolute atomic E-state index is 12.9. The lowest BCUT2D eigenvalue weighted by molar-refractivity contribution is -0.135. The van der Waals surface area contributed by atoms with Gasteiger partial charge in [-0.05, 0) is 37.2 Å². The van der Waals surface area contributed by atoms with Gasteiger partial charge in [-0.15, -0.1) is 0 Å². The molecule has 11 N–H and O–H groups in total. The van der Waals surface area contributed by atoms with Crippen LogP contribution >= 0.6 is 11.8 Å². The van der Waals surface area contributed by atoms with Gasteiger partial charge in [-0.3, -0.25) is 28.8 Å². The van der Waals surface area contributed by atoms with Gasteiger partial charge in [0, 0.05) is 6.42 Å². The zero-order valence-corrected chi connectivity index (χ0v) is 20.6. The van der Waals surface area contributed by atoms with E-state index in [1.54, 1.807) is 0 Å². The largest absolute Gasteiger partial charge is 0.370 e. The Kier molecular flexibility index (Phi) is 14.5. The standard InChI is InChI=1S/C20H37N7O6S/c1-10(2)8-13(19(32)25-12(17(24)30)6-7-34-3)27-20(33)14(9-16(23)29)26-18(31)11(21)4-5-15(22)28/h10-14H,4-9,21H2,1-3H3,(H2,22,28)(H2,23,29)(H2,24,30)(H,25,32)(H,26,31)(H,27,33)/t11-,12-,13-,14-/m0/s1. The second-order valence-electron chi connectivity index (χ2n) is 8.28. The fourth-order valence-electron chi connectivity index (χ4n) is 2.89. The Morgan fingerprint density at radius 3 is 1.76 bits per heavy atom. The highest BCUT2D eigenvalue weighted by Gasteiger charge is 2.31. The molecule has 0 aliphatic carbocycles. The van der Waals surface area contributed by atoms with Crippen LogP contribution in [0.5, 0.6) is 0 Å². The molecule has 34 heavy (non-hydrogen) atoms. The fourth-order valence-corrected chi connectivity index (χ4v) is 3.36. The Labute approximate surface area is 203 Å². The molecule has 4 atom stereocenters. The van der Waals surface area contributed by atoms with Crippen molar-refractivity contribution in [3.8, 4) is 0 Å². The van der Waals surface area contributed by atoms with Crippen LogP contribution in [-0.2, 0) is 28.8 Å². The molecule has 0 aromatic heterocycles. The lowest BCUT2D eigenvalue weighted by Gasteiger charge is -2.26. The Morgan fingerprint density at radius 1 is 0.765 bits per heavy atom. The SMILES string of the molecule is CSCC[C@H](NC(=O)[C@H](CC(C)C)NC(=O)[C@H](CC(N)=O)NC(=O)[C@@H](N)CCC(N)=O)C(N)=O. The minimum Gasteiger partial charge on any atom is -0.370 e. The fraction of sp³-hybridized carbons (Fsp3) is 0.700. The highest BCUT2D eigenvalue weighted by molar-refractivity contribution is 7.98. The molecule has 0 radical (unpaired) electrons. The first-order valence-corrected chi connectivity index (χ1v) is 12.2. The first kappa shape index (κ1) is 31.1. The van der Waals surface area contributed by atoms with Gasteiger partial charge in [0.25, 0.3) is 0 Å². The molecule has 194 valence electrons. The lowest BCUT2D eigenvalue weighted by atomic mass is 10.0. The number of carbonyl (C=O) groups is 6. The molecule has 13 nitrogen and oxygen atoms in total. The summed E-state index contributed by atoms with van der Waals surface area (Å²) in [5, 5.41) is 7.37. The van der Waals surface area contributed by atoms with E-state index >= 15 is 0 Å². The molecule has 0 bridgehead atoms. The second kappa shape index (κ2) is 15.9. The summed E-state index contributed by atoms with van der Waals surface area (Å²) in [4.78, 5) is 72.1. The molecule has 0 fully saturated rings. The number of hydrogen-bond acceptors (Lipinski definition) is 8. The van der Waals surface area contributed by atoms with Gasteiger partial charge in [0.2, 0.25) is 35.4 Å². The van der Waals surface area contributed by atoms with Gasteiger partial charge >= 0.3 is 0 Å². The van der Waals surface area contributed by atoms with Gasteiger partial charge in [0.05, 0.1) is 12.5 Å². The molecule has 0 aliphatic heterocycles. The monoisotopic (exact) mass is 503 g/mol. The van der Waals surface area contributed by atoms with Gasteiger partial charge < -0.3 is 38.9 Å². The summed E-state index contributed by atoms with van der Waals surface area (Å²) in [6.07, 6.45) is 1.61. The third-order valence-corrected chi connectivity index (χ3v) is 5.33. The molecular weight excluding hydrogens is 466 g/mol. The van der Waals surface area contributed by atoms with E-state index < -0.39 is 66.0 Å². The van der Waals surface area contributed by atoms with Crippen LogP contribution in [-0.4, -0.2) is 71.6 Å². The summed E-state index contributed by atoms with van der Waals surface area (Å²) >= 11 is 1.48. The topological polar surface area (TPSA) is 243 Å². The van der Waals surface area contributed by atoms with Crippen molar-refractivity contribution in [1.82, 2.24) is 16.0 Å². The van der Waals surface area contributed by atoms with Crippen LogP contribution in [0.2, 0.25) is 0 Å². The second-order valence-corrected chi connectivity index (χ2v) is 9.26. The first-order chi connectivity index (χ1) is 15.8. The predicted octanol–water partition coefficient (Wildman–Crippen LogP) is -2.81. The summed E-state index contributed by atoms with van der Waals surface area (Å²) in [5.74, 6) is -3.94. The van der Waals surface area contributed by atoms with E-state index in [4.69, 9.17) is 22.9 Å². The Morgan fingerprint density at radius 2 is 1.29 bits per heavy atom. The Bertz CT molecular complexity index is 749. The highest BCUT2D eigenvalue weighted by Crippen LogP contribution is 2.08. The molecule has 0 rings (SSSR count). The number of thioether (sulfide) groups is 1. The van der Waals surface area contributed by atoms with Crippen LogP contribution in [0, 0.1) is 5.92 Å². The molecule has 0 heterocycles. The van der Waals surface area contributed by atoms with Crippen LogP contribution in [0.25, 0.3) is 0 Å². The maximum Gasteiger partial charge on any atom is 0.243 e. The number of amides is 6. The van der Waals surface area contributed by atoms with Crippen molar-refractivity contribution in [2.75, 3.05) is 12.0 Å². The van der Waals surface area contributed by atoms with E-state index in [1.165, 1.54) is 11.8 Å². The smallest absolute Gasteiger partial charge is 0.243 e. The number of hydrogen-bond donors (Lipinski definition) is 7. The number of carbonyl (C=O) groups excluding carboxylic acids is 6. The average Bonchev–Trinajstić information content (AvgIpc) is 2.72. The number of primary amides is 3. The number of nitrogens with one attached hydrogen (secondary N) is 3. The van der Waals surface area contributed by atoms with Gasteiger partial charge in [-0.1, -0.05) is 13.8 Å². The predicted molar refractivity (Wildman–Crippen MR) is 128 cm³/mol. The van der Waals surface area contributed by atoms with Gasteiger partial charge in [-0.2, -0.15) is 11.8 Å². The Hall–Kier alpha value is -2.87. The summed E-state index contributed by atoms with van der Waals surface area (Å²) in [5.41, 5.74) is 21.3. The molecule has 0 aliphatic rings. The third-order valence-electron chi connectivity index (χ3n) is 4.69. The third kappa shape index (κ3) is 13.0. The van der Waals surface area contributed by atoms with Crippen molar-refractivity contribution < 1.29 is 28.8 Å². The normalized spacial score (nSPS) is 14.4. The van der Waals surface area contributed by atoms with Crippen molar-refractivity contribution in [1.29, 1.82) is 0 Å².